The zero-order chi connectivity index (χ0) is 11.1. The van der Waals surface area contributed by atoms with Crippen LogP contribution in [-0.4, -0.2) is 28.9 Å². The molecule has 1 heterocycles. The fourth-order valence-electron chi connectivity index (χ4n) is 2.78. The number of nitrogens with one attached hydrogen (secondary N) is 1. The quantitative estimate of drug-likeness (QED) is 0.667. The number of hydrogen-bond acceptors (Lipinski definition) is 2. The molecule has 2 fully saturated rings. The van der Waals surface area contributed by atoms with E-state index in [1.807, 2.05) is 6.92 Å². The number of carbonyl (C=O) groups excluding carboxylic acids is 2. The van der Waals surface area contributed by atoms with Crippen LogP contribution in [0.5, 0.6) is 0 Å². The molecule has 0 bridgehead atoms. The lowest BCUT2D eigenvalue weighted by Crippen LogP contribution is -2.51. The molecule has 1 saturated carbocycles. The molecule has 0 aromatic rings. The number of rotatable bonds is 1. The van der Waals surface area contributed by atoms with Crippen molar-refractivity contribution in [3.8, 4) is 0 Å². The Morgan fingerprint density at radius 2 is 2.00 bits per heavy atom. The molecule has 1 aliphatic carbocycles. The van der Waals surface area contributed by atoms with Crippen LogP contribution in [-0.2, 0) is 4.79 Å². The molecule has 1 saturated heterocycles. The molecule has 4 nitrogen and oxygen atoms in total. The minimum Gasteiger partial charge on any atom is -0.310 e. The molecule has 4 heteroatoms. The molecule has 2 rings (SSSR count). The van der Waals surface area contributed by atoms with Crippen LogP contribution < -0.4 is 5.32 Å². The molecule has 0 aromatic carbocycles. The van der Waals surface area contributed by atoms with Crippen molar-refractivity contribution in [3.05, 3.63) is 0 Å². The van der Waals surface area contributed by atoms with Gasteiger partial charge in [-0.15, -0.1) is 0 Å². The summed E-state index contributed by atoms with van der Waals surface area (Å²) >= 11 is 0. The van der Waals surface area contributed by atoms with E-state index in [-0.39, 0.29) is 11.9 Å². The first-order valence-corrected chi connectivity index (χ1v) is 5.73. The average Bonchev–Trinajstić information content (AvgIpc) is 2.43. The molecule has 0 unspecified atom stereocenters. The van der Waals surface area contributed by atoms with E-state index >= 15 is 0 Å². The van der Waals surface area contributed by atoms with E-state index in [2.05, 4.69) is 12.2 Å². The summed E-state index contributed by atoms with van der Waals surface area (Å²) in [6.45, 7) is 4.75. The Kier molecular flexibility index (Phi) is 2.44. The van der Waals surface area contributed by atoms with E-state index in [9.17, 15) is 9.59 Å². The number of amides is 3. The molecule has 84 valence electrons. The summed E-state index contributed by atoms with van der Waals surface area (Å²) in [7, 11) is 0. The van der Waals surface area contributed by atoms with Crippen LogP contribution in [0.15, 0.2) is 0 Å². The lowest BCUT2D eigenvalue weighted by molar-refractivity contribution is -0.128. The van der Waals surface area contributed by atoms with Gasteiger partial charge in [0.2, 0.25) is 0 Å². The van der Waals surface area contributed by atoms with Crippen molar-refractivity contribution in [1.82, 2.24) is 10.2 Å². The van der Waals surface area contributed by atoms with Gasteiger partial charge >= 0.3 is 6.03 Å². The summed E-state index contributed by atoms with van der Waals surface area (Å²) in [6, 6.07) is -0.211. The molecule has 1 N–H and O–H groups in total. The maximum atomic E-state index is 11.9. The number of hydrogen-bond donors (Lipinski definition) is 1. The Morgan fingerprint density at radius 3 is 2.53 bits per heavy atom. The Morgan fingerprint density at radius 1 is 1.40 bits per heavy atom. The van der Waals surface area contributed by atoms with Gasteiger partial charge in [-0.05, 0) is 38.5 Å². The normalized spacial score (nSPS) is 36.1. The first-order valence-electron chi connectivity index (χ1n) is 5.73. The van der Waals surface area contributed by atoms with Crippen LogP contribution in [0.25, 0.3) is 0 Å². The van der Waals surface area contributed by atoms with Crippen molar-refractivity contribution in [2.24, 2.45) is 5.92 Å². The lowest BCUT2D eigenvalue weighted by atomic mass is 9.76. The summed E-state index contributed by atoms with van der Waals surface area (Å²) < 4.78 is 0. The minimum absolute atomic E-state index is 0.0822. The number of likely N-dealkylation sites (N-methyl/N-ethyl adjacent to an activating group) is 1. The van der Waals surface area contributed by atoms with Gasteiger partial charge in [-0.2, -0.15) is 0 Å². The Labute approximate surface area is 90.0 Å². The summed E-state index contributed by atoms with van der Waals surface area (Å²) in [6.07, 6.45) is 3.72. The van der Waals surface area contributed by atoms with Crippen LogP contribution in [0.1, 0.15) is 39.5 Å². The molecule has 15 heavy (non-hydrogen) atoms. The Hall–Kier alpha value is -1.06. The topological polar surface area (TPSA) is 49.4 Å². The van der Waals surface area contributed by atoms with Crippen molar-refractivity contribution >= 4 is 11.9 Å². The van der Waals surface area contributed by atoms with Crippen molar-refractivity contribution in [2.75, 3.05) is 6.54 Å². The number of nitrogens with zero attached hydrogens (tertiary/aromatic N) is 1. The highest BCUT2D eigenvalue weighted by molar-refractivity contribution is 6.07. The van der Waals surface area contributed by atoms with E-state index in [4.69, 9.17) is 0 Å². The van der Waals surface area contributed by atoms with Gasteiger partial charge in [-0.3, -0.25) is 10.1 Å². The van der Waals surface area contributed by atoms with E-state index in [0.717, 1.165) is 25.7 Å². The summed E-state index contributed by atoms with van der Waals surface area (Å²) in [5.74, 6) is 0.596. The highest BCUT2D eigenvalue weighted by Gasteiger charge is 2.52. The minimum atomic E-state index is -0.516. The number of imide groups is 1. The monoisotopic (exact) mass is 210 g/mol. The van der Waals surface area contributed by atoms with Crippen molar-refractivity contribution in [1.29, 1.82) is 0 Å². The standard InChI is InChI=1S/C11H18N2O2/c1-3-13-10(15)12-9(14)11(13)6-4-8(2)5-7-11/h8H,3-7H2,1-2H3,(H,12,14,15). The van der Waals surface area contributed by atoms with Crippen molar-refractivity contribution in [3.63, 3.8) is 0 Å². The van der Waals surface area contributed by atoms with Gasteiger partial charge in [0.25, 0.3) is 5.91 Å². The zero-order valence-electron chi connectivity index (χ0n) is 9.38. The number of carbonyl (C=O) groups is 2. The highest BCUT2D eigenvalue weighted by atomic mass is 16.2. The smallest absolute Gasteiger partial charge is 0.310 e. The molecular weight excluding hydrogens is 192 g/mol. The number of urea groups is 1. The first-order chi connectivity index (χ1) is 7.10. The molecule has 0 aromatic heterocycles. The average molecular weight is 210 g/mol. The maximum Gasteiger partial charge on any atom is 0.325 e. The van der Waals surface area contributed by atoms with Crippen molar-refractivity contribution in [2.45, 2.75) is 45.1 Å². The Bertz CT molecular complexity index is 293. The third-order valence-corrected chi connectivity index (χ3v) is 3.82. The van der Waals surface area contributed by atoms with E-state index < -0.39 is 5.54 Å². The van der Waals surface area contributed by atoms with Gasteiger partial charge in [0.1, 0.15) is 5.54 Å². The SMILES string of the molecule is CCN1C(=O)NC(=O)C12CCC(C)CC2. The van der Waals surface area contributed by atoms with Gasteiger partial charge in [0, 0.05) is 6.54 Å². The summed E-state index contributed by atoms with van der Waals surface area (Å²) in [5, 5.41) is 2.44. The molecule has 3 amide bonds. The van der Waals surface area contributed by atoms with E-state index in [1.54, 1.807) is 4.90 Å². The van der Waals surface area contributed by atoms with E-state index in [0.29, 0.717) is 12.5 Å². The van der Waals surface area contributed by atoms with Crippen LogP contribution >= 0.6 is 0 Å². The van der Waals surface area contributed by atoms with Gasteiger partial charge in [-0.1, -0.05) is 6.92 Å². The second-order valence-electron chi connectivity index (χ2n) is 4.72. The van der Waals surface area contributed by atoms with Crippen LogP contribution in [0.4, 0.5) is 4.79 Å². The second-order valence-corrected chi connectivity index (χ2v) is 4.72. The molecule has 1 aliphatic heterocycles. The van der Waals surface area contributed by atoms with Gasteiger partial charge < -0.3 is 4.90 Å². The Balaban J connectivity index is 2.24. The third-order valence-electron chi connectivity index (χ3n) is 3.82. The molecule has 2 aliphatic rings. The first kappa shape index (κ1) is 10.5. The predicted octanol–water partition coefficient (Wildman–Crippen LogP) is 1.51. The predicted molar refractivity (Wildman–Crippen MR) is 56.3 cm³/mol. The molecule has 1 spiro atoms. The van der Waals surface area contributed by atoms with Crippen molar-refractivity contribution < 1.29 is 9.59 Å². The highest BCUT2D eigenvalue weighted by Crippen LogP contribution is 2.38. The van der Waals surface area contributed by atoms with Crippen LogP contribution in [0.2, 0.25) is 0 Å². The van der Waals surface area contributed by atoms with Crippen LogP contribution in [0.3, 0.4) is 0 Å². The fraction of sp³-hybridized carbons (Fsp3) is 0.818. The van der Waals surface area contributed by atoms with Crippen LogP contribution in [0, 0.1) is 5.92 Å². The zero-order valence-corrected chi connectivity index (χ0v) is 9.38. The largest absolute Gasteiger partial charge is 0.325 e. The van der Waals surface area contributed by atoms with Gasteiger partial charge in [0.05, 0.1) is 0 Å². The summed E-state index contributed by atoms with van der Waals surface area (Å²) in [5.41, 5.74) is -0.516. The second kappa shape index (κ2) is 3.51. The molecule has 0 atom stereocenters. The molecular formula is C11H18N2O2. The van der Waals surface area contributed by atoms with Gasteiger partial charge in [0.15, 0.2) is 0 Å². The van der Waals surface area contributed by atoms with Gasteiger partial charge in [-0.25, -0.2) is 4.79 Å². The summed E-state index contributed by atoms with van der Waals surface area (Å²) in [4.78, 5) is 25.1. The fourth-order valence-corrected chi connectivity index (χ4v) is 2.78. The third kappa shape index (κ3) is 1.43. The lowest BCUT2D eigenvalue weighted by Gasteiger charge is -2.39. The maximum absolute atomic E-state index is 11.9. The van der Waals surface area contributed by atoms with E-state index in [1.165, 1.54) is 0 Å². The molecule has 0 radical (unpaired) electrons.